The summed E-state index contributed by atoms with van der Waals surface area (Å²) in [6, 6.07) is 9.64. The van der Waals surface area contributed by atoms with Gasteiger partial charge in [0, 0.05) is 6.04 Å². The maximum absolute atomic E-state index is 11.8. The van der Waals surface area contributed by atoms with Crippen molar-refractivity contribution in [2.45, 2.75) is 43.9 Å². The average Bonchev–Trinajstić information content (AvgIpc) is 2.35. The molecule has 1 saturated carbocycles. The third-order valence-corrected chi connectivity index (χ3v) is 3.38. The van der Waals surface area contributed by atoms with E-state index in [4.69, 9.17) is 10.8 Å². The molecule has 0 aromatic heterocycles. The molecule has 1 aliphatic rings. The number of aliphatic hydroxyl groups is 1. The number of rotatable bonds is 5. The highest BCUT2D eigenvalue weighted by Crippen LogP contribution is 2.19. The lowest BCUT2D eigenvalue weighted by molar-refractivity contribution is -0.124. The van der Waals surface area contributed by atoms with Gasteiger partial charge >= 0.3 is 0 Å². The van der Waals surface area contributed by atoms with Crippen LogP contribution >= 0.6 is 0 Å². The minimum absolute atomic E-state index is 0.107. The average molecular weight is 248 g/mol. The molecule has 1 fully saturated rings. The molecular formula is C14H20N2O2. The van der Waals surface area contributed by atoms with Crippen LogP contribution in [0.5, 0.6) is 0 Å². The van der Waals surface area contributed by atoms with E-state index in [0.29, 0.717) is 19.3 Å². The summed E-state index contributed by atoms with van der Waals surface area (Å²) in [5, 5.41) is 12.0. The number of amides is 1. The zero-order valence-corrected chi connectivity index (χ0v) is 10.4. The van der Waals surface area contributed by atoms with Crippen LogP contribution in [0.4, 0.5) is 0 Å². The van der Waals surface area contributed by atoms with Crippen LogP contribution in [0.1, 0.15) is 24.8 Å². The highest BCUT2D eigenvalue weighted by Gasteiger charge is 2.29. The quantitative estimate of drug-likeness (QED) is 0.713. The van der Waals surface area contributed by atoms with E-state index in [0.717, 1.165) is 6.42 Å². The molecule has 0 aliphatic heterocycles. The van der Waals surface area contributed by atoms with E-state index in [2.05, 4.69) is 5.32 Å². The highest BCUT2D eigenvalue weighted by molar-refractivity contribution is 5.81. The van der Waals surface area contributed by atoms with Gasteiger partial charge in [0.05, 0.1) is 12.1 Å². The van der Waals surface area contributed by atoms with Gasteiger partial charge in [-0.2, -0.15) is 0 Å². The van der Waals surface area contributed by atoms with Gasteiger partial charge in [-0.05, 0) is 31.2 Å². The largest absolute Gasteiger partial charge is 0.393 e. The molecule has 2 rings (SSSR count). The van der Waals surface area contributed by atoms with Crippen molar-refractivity contribution in [2.75, 3.05) is 0 Å². The van der Waals surface area contributed by atoms with Gasteiger partial charge in [0.2, 0.25) is 5.91 Å². The second kappa shape index (κ2) is 5.98. The highest BCUT2D eigenvalue weighted by atomic mass is 16.3. The normalized spacial score (nSPS) is 24.1. The first-order chi connectivity index (χ1) is 8.65. The van der Waals surface area contributed by atoms with Crippen molar-refractivity contribution in [3.8, 4) is 0 Å². The van der Waals surface area contributed by atoms with Crippen LogP contribution in [-0.2, 0) is 11.2 Å². The van der Waals surface area contributed by atoms with Gasteiger partial charge in [-0.15, -0.1) is 0 Å². The minimum atomic E-state index is -0.469. The molecule has 1 aliphatic carbocycles. The second-order valence-electron chi connectivity index (χ2n) is 4.96. The first-order valence-corrected chi connectivity index (χ1v) is 6.43. The first kappa shape index (κ1) is 13.1. The first-order valence-electron chi connectivity index (χ1n) is 6.43. The monoisotopic (exact) mass is 248 g/mol. The predicted octanol–water partition coefficient (Wildman–Crippen LogP) is 0.586. The number of hydrogen-bond donors (Lipinski definition) is 3. The fraction of sp³-hybridized carbons (Fsp3) is 0.500. The number of nitrogens with one attached hydrogen (secondary N) is 1. The third kappa shape index (κ3) is 3.55. The molecule has 18 heavy (non-hydrogen) atoms. The Bertz CT molecular complexity index is 388. The Morgan fingerprint density at radius 3 is 2.67 bits per heavy atom. The summed E-state index contributed by atoms with van der Waals surface area (Å²) < 4.78 is 0. The Labute approximate surface area is 107 Å². The third-order valence-electron chi connectivity index (χ3n) is 3.38. The van der Waals surface area contributed by atoms with Gasteiger partial charge in [0.1, 0.15) is 0 Å². The molecule has 4 N–H and O–H groups in total. The van der Waals surface area contributed by atoms with Crippen LogP contribution in [0.25, 0.3) is 0 Å². The van der Waals surface area contributed by atoms with Crippen LogP contribution in [0.15, 0.2) is 30.3 Å². The molecule has 1 atom stereocenters. The van der Waals surface area contributed by atoms with Gasteiger partial charge in [-0.1, -0.05) is 30.3 Å². The van der Waals surface area contributed by atoms with Crippen LogP contribution in [0.2, 0.25) is 0 Å². The summed E-state index contributed by atoms with van der Waals surface area (Å²) >= 11 is 0. The lowest BCUT2D eigenvalue weighted by Gasteiger charge is -2.32. The van der Waals surface area contributed by atoms with Crippen LogP contribution in [0.3, 0.4) is 0 Å². The molecule has 0 spiro atoms. The summed E-state index contributed by atoms with van der Waals surface area (Å²) in [6.07, 6.45) is 2.50. The molecular weight excluding hydrogens is 228 g/mol. The molecule has 0 saturated heterocycles. The molecule has 0 bridgehead atoms. The number of nitrogens with two attached hydrogens (primary N) is 1. The zero-order chi connectivity index (χ0) is 13.0. The molecule has 1 amide bonds. The standard InChI is InChI=1S/C14H20N2O2/c15-13(7-6-10-4-2-1-3-5-10)14(18)16-11-8-12(17)9-11/h1-5,11-13,17H,6-9,15H2,(H,16,18)/t11?,12?,13-/m0/s1. The minimum Gasteiger partial charge on any atom is -0.393 e. The Balaban J connectivity index is 1.71. The molecule has 1 aromatic rings. The Morgan fingerprint density at radius 1 is 1.39 bits per heavy atom. The Morgan fingerprint density at radius 2 is 2.06 bits per heavy atom. The van der Waals surface area contributed by atoms with E-state index >= 15 is 0 Å². The molecule has 0 radical (unpaired) electrons. The van der Waals surface area contributed by atoms with E-state index in [1.807, 2.05) is 30.3 Å². The Kier molecular flexibility index (Phi) is 4.33. The molecule has 0 unspecified atom stereocenters. The van der Waals surface area contributed by atoms with Crippen molar-refractivity contribution in [1.29, 1.82) is 0 Å². The SMILES string of the molecule is N[C@@H](CCc1ccccc1)C(=O)NC1CC(O)C1. The van der Waals surface area contributed by atoms with Gasteiger partial charge < -0.3 is 16.2 Å². The molecule has 0 heterocycles. The van der Waals surface area contributed by atoms with E-state index in [-0.39, 0.29) is 18.1 Å². The summed E-state index contributed by atoms with van der Waals surface area (Å²) in [5.41, 5.74) is 7.05. The van der Waals surface area contributed by atoms with E-state index in [9.17, 15) is 4.79 Å². The van der Waals surface area contributed by atoms with E-state index in [1.165, 1.54) is 5.56 Å². The lowest BCUT2D eigenvalue weighted by Crippen LogP contribution is -2.51. The fourth-order valence-corrected chi connectivity index (χ4v) is 2.11. The smallest absolute Gasteiger partial charge is 0.237 e. The summed E-state index contributed by atoms with van der Waals surface area (Å²) in [4.78, 5) is 11.8. The number of aliphatic hydroxyl groups excluding tert-OH is 1. The topological polar surface area (TPSA) is 75.4 Å². The van der Waals surface area contributed by atoms with Crippen molar-refractivity contribution in [2.24, 2.45) is 5.73 Å². The van der Waals surface area contributed by atoms with Crippen molar-refractivity contribution < 1.29 is 9.90 Å². The van der Waals surface area contributed by atoms with Crippen molar-refractivity contribution >= 4 is 5.91 Å². The number of carbonyl (C=O) groups is 1. The van der Waals surface area contributed by atoms with Gasteiger partial charge in [0.25, 0.3) is 0 Å². The van der Waals surface area contributed by atoms with E-state index in [1.54, 1.807) is 0 Å². The van der Waals surface area contributed by atoms with Crippen molar-refractivity contribution in [3.63, 3.8) is 0 Å². The van der Waals surface area contributed by atoms with Crippen LogP contribution < -0.4 is 11.1 Å². The summed E-state index contributed by atoms with van der Waals surface area (Å²) in [6.45, 7) is 0. The predicted molar refractivity (Wildman–Crippen MR) is 69.9 cm³/mol. The van der Waals surface area contributed by atoms with Gasteiger partial charge in [0.15, 0.2) is 0 Å². The Hall–Kier alpha value is -1.39. The van der Waals surface area contributed by atoms with Crippen molar-refractivity contribution in [1.82, 2.24) is 5.32 Å². The van der Waals surface area contributed by atoms with E-state index < -0.39 is 6.04 Å². The van der Waals surface area contributed by atoms with Gasteiger partial charge in [-0.3, -0.25) is 4.79 Å². The van der Waals surface area contributed by atoms with Crippen LogP contribution in [-0.4, -0.2) is 29.2 Å². The number of hydrogen-bond acceptors (Lipinski definition) is 3. The second-order valence-corrected chi connectivity index (χ2v) is 4.96. The molecule has 4 heteroatoms. The maximum atomic E-state index is 11.8. The zero-order valence-electron chi connectivity index (χ0n) is 10.4. The number of carbonyl (C=O) groups excluding carboxylic acids is 1. The number of benzene rings is 1. The molecule has 1 aromatic carbocycles. The lowest BCUT2D eigenvalue weighted by atomic mass is 9.89. The summed E-state index contributed by atoms with van der Waals surface area (Å²) in [7, 11) is 0. The van der Waals surface area contributed by atoms with Gasteiger partial charge in [-0.25, -0.2) is 0 Å². The fourth-order valence-electron chi connectivity index (χ4n) is 2.11. The maximum Gasteiger partial charge on any atom is 0.237 e. The van der Waals surface area contributed by atoms with Crippen molar-refractivity contribution in [3.05, 3.63) is 35.9 Å². The number of aryl methyl sites for hydroxylation is 1. The van der Waals surface area contributed by atoms with Crippen LogP contribution in [0, 0.1) is 0 Å². The summed E-state index contributed by atoms with van der Waals surface area (Å²) in [5.74, 6) is -0.108. The molecule has 4 nitrogen and oxygen atoms in total. The molecule has 98 valence electrons.